The molecule has 1 heterocycles. The molecule has 0 aliphatic rings. The van der Waals surface area contributed by atoms with Crippen LogP contribution in [0.2, 0.25) is 0 Å². The monoisotopic (exact) mass is 296 g/mol. The van der Waals surface area contributed by atoms with Crippen LogP contribution >= 0.6 is 0 Å². The summed E-state index contributed by atoms with van der Waals surface area (Å²) in [5.41, 5.74) is 0.478. The van der Waals surface area contributed by atoms with Crippen LogP contribution in [0.4, 0.5) is 11.5 Å². The Morgan fingerprint density at radius 1 is 1.35 bits per heavy atom. The van der Waals surface area contributed by atoms with E-state index >= 15 is 0 Å². The first-order chi connectivity index (χ1) is 9.37. The number of non-ortho nitro benzene ring substituents is 1. The van der Waals surface area contributed by atoms with Crippen molar-refractivity contribution < 1.29 is 13.3 Å². The van der Waals surface area contributed by atoms with E-state index in [4.69, 9.17) is 0 Å². The third-order valence-corrected chi connectivity index (χ3v) is 3.54. The fourth-order valence-corrected chi connectivity index (χ4v) is 2.13. The number of anilines is 1. The largest absolute Gasteiger partial charge is 0.368 e. The summed E-state index contributed by atoms with van der Waals surface area (Å²) in [6.07, 6.45) is 2.45. The van der Waals surface area contributed by atoms with E-state index in [1.165, 1.54) is 24.5 Å². The fraction of sp³-hybridized carbons (Fsp3) is 0.273. The molecular weight excluding hydrogens is 284 g/mol. The average molecular weight is 296 g/mol. The van der Waals surface area contributed by atoms with Crippen molar-refractivity contribution in [1.82, 2.24) is 9.97 Å². The standard InChI is InChI=1S/C11H12N4O4S/c1-20(18,19)5-4-12-11-9-6-8(15(16)17)2-3-10(9)13-7-14-11/h2-3,6-7H,4-5H2,1H3,(H,12,13,14). The van der Waals surface area contributed by atoms with E-state index in [2.05, 4.69) is 15.3 Å². The summed E-state index contributed by atoms with van der Waals surface area (Å²) >= 11 is 0. The van der Waals surface area contributed by atoms with Gasteiger partial charge in [0, 0.05) is 30.3 Å². The summed E-state index contributed by atoms with van der Waals surface area (Å²) in [7, 11) is -3.08. The first-order valence-electron chi connectivity index (χ1n) is 5.67. The first-order valence-corrected chi connectivity index (χ1v) is 7.73. The van der Waals surface area contributed by atoms with Crippen LogP contribution in [0.25, 0.3) is 10.9 Å². The van der Waals surface area contributed by atoms with E-state index in [-0.39, 0.29) is 18.0 Å². The predicted molar refractivity (Wildman–Crippen MR) is 74.4 cm³/mol. The van der Waals surface area contributed by atoms with E-state index in [1.54, 1.807) is 0 Å². The molecule has 1 aromatic carbocycles. The number of fused-ring (bicyclic) bond motifs is 1. The van der Waals surface area contributed by atoms with Gasteiger partial charge < -0.3 is 5.32 Å². The predicted octanol–water partition coefficient (Wildman–Crippen LogP) is 0.994. The van der Waals surface area contributed by atoms with Crippen molar-refractivity contribution in [3.8, 4) is 0 Å². The lowest BCUT2D eigenvalue weighted by molar-refractivity contribution is -0.384. The summed E-state index contributed by atoms with van der Waals surface area (Å²) < 4.78 is 22.1. The number of nitrogens with zero attached hydrogens (tertiary/aromatic N) is 3. The van der Waals surface area contributed by atoms with E-state index < -0.39 is 14.8 Å². The Balaban J connectivity index is 2.32. The average Bonchev–Trinajstić information content (AvgIpc) is 2.37. The number of aromatic nitrogens is 2. The smallest absolute Gasteiger partial charge is 0.270 e. The van der Waals surface area contributed by atoms with Gasteiger partial charge in [-0.15, -0.1) is 0 Å². The number of sulfone groups is 1. The minimum Gasteiger partial charge on any atom is -0.368 e. The molecule has 0 radical (unpaired) electrons. The molecule has 1 N–H and O–H groups in total. The lowest BCUT2D eigenvalue weighted by Gasteiger charge is -2.07. The van der Waals surface area contributed by atoms with Gasteiger partial charge in [0.25, 0.3) is 5.69 Å². The molecule has 0 bridgehead atoms. The highest BCUT2D eigenvalue weighted by atomic mass is 32.2. The van der Waals surface area contributed by atoms with Crippen LogP contribution < -0.4 is 5.32 Å². The molecular formula is C11H12N4O4S. The van der Waals surface area contributed by atoms with Crippen LogP contribution in [0.5, 0.6) is 0 Å². The quantitative estimate of drug-likeness (QED) is 0.646. The number of hydrogen-bond acceptors (Lipinski definition) is 7. The molecule has 2 aromatic rings. The lowest BCUT2D eigenvalue weighted by atomic mass is 10.2. The van der Waals surface area contributed by atoms with Gasteiger partial charge in [-0.3, -0.25) is 10.1 Å². The van der Waals surface area contributed by atoms with Crippen LogP contribution in [-0.2, 0) is 9.84 Å². The van der Waals surface area contributed by atoms with Gasteiger partial charge in [0.1, 0.15) is 22.0 Å². The molecule has 0 atom stereocenters. The highest BCUT2D eigenvalue weighted by Crippen LogP contribution is 2.23. The van der Waals surface area contributed by atoms with E-state index in [9.17, 15) is 18.5 Å². The second kappa shape index (κ2) is 5.37. The number of benzene rings is 1. The first kappa shape index (κ1) is 14.1. The molecule has 0 spiro atoms. The molecule has 0 saturated heterocycles. The normalized spacial score (nSPS) is 11.4. The Labute approximate surface area is 114 Å². The van der Waals surface area contributed by atoms with Gasteiger partial charge in [-0.1, -0.05) is 0 Å². The second-order valence-corrected chi connectivity index (χ2v) is 6.50. The Morgan fingerprint density at radius 2 is 2.10 bits per heavy atom. The van der Waals surface area contributed by atoms with Gasteiger partial charge >= 0.3 is 0 Å². The van der Waals surface area contributed by atoms with Crippen molar-refractivity contribution >= 4 is 32.2 Å². The van der Waals surface area contributed by atoms with Crippen LogP contribution in [-0.4, -0.2) is 41.9 Å². The zero-order chi connectivity index (χ0) is 14.8. The third-order valence-electron chi connectivity index (χ3n) is 2.60. The zero-order valence-electron chi connectivity index (χ0n) is 10.6. The lowest BCUT2D eigenvalue weighted by Crippen LogP contribution is -2.15. The van der Waals surface area contributed by atoms with Gasteiger partial charge in [0.2, 0.25) is 0 Å². The summed E-state index contributed by atoms with van der Waals surface area (Å²) in [6, 6.07) is 4.24. The number of hydrogen-bond donors (Lipinski definition) is 1. The van der Waals surface area contributed by atoms with Gasteiger partial charge in [-0.2, -0.15) is 0 Å². The van der Waals surface area contributed by atoms with Gasteiger partial charge in [0.05, 0.1) is 16.2 Å². The molecule has 9 heteroatoms. The Morgan fingerprint density at radius 3 is 2.75 bits per heavy atom. The van der Waals surface area contributed by atoms with Crippen molar-refractivity contribution in [2.45, 2.75) is 0 Å². The minimum absolute atomic E-state index is 0.0482. The maximum absolute atomic E-state index is 11.1. The number of nitro benzene ring substituents is 1. The van der Waals surface area contributed by atoms with Crippen molar-refractivity contribution in [3.63, 3.8) is 0 Å². The molecule has 0 amide bonds. The van der Waals surface area contributed by atoms with Crippen molar-refractivity contribution in [1.29, 1.82) is 0 Å². The molecule has 2 rings (SSSR count). The Bertz CT molecular complexity index is 760. The number of nitrogens with one attached hydrogen (secondary N) is 1. The molecule has 106 valence electrons. The molecule has 0 fully saturated rings. The Kier molecular flexibility index (Phi) is 3.79. The summed E-state index contributed by atoms with van der Waals surface area (Å²) in [6.45, 7) is 0.174. The van der Waals surface area contributed by atoms with Gasteiger partial charge in [0.15, 0.2) is 0 Å². The molecule has 0 saturated carbocycles. The maximum atomic E-state index is 11.1. The van der Waals surface area contributed by atoms with Crippen LogP contribution in [0.3, 0.4) is 0 Å². The van der Waals surface area contributed by atoms with Gasteiger partial charge in [-0.25, -0.2) is 18.4 Å². The SMILES string of the molecule is CS(=O)(=O)CCNc1ncnc2ccc([N+](=O)[O-])cc12. The van der Waals surface area contributed by atoms with Crippen molar-refractivity contribution in [2.75, 3.05) is 23.9 Å². The molecule has 0 aliphatic heterocycles. The van der Waals surface area contributed by atoms with Crippen LogP contribution in [0, 0.1) is 10.1 Å². The van der Waals surface area contributed by atoms with E-state index in [0.29, 0.717) is 16.7 Å². The second-order valence-electron chi connectivity index (χ2n) is 4.24. The van der Waals surface area contributed by atoms with E-state index in [1.807, 2.05) is 0 Å². The highest BCUT2D eigenvalue weighted by molar-refractivity contribution is 7.90. The zero-order valence-corrected chi connectivity index (χ0v) is 11.4. The molecule has 0 aliphatic carbocycles. The minimum atomic E-state index is -3.08. The van der Waals surface area contributed by atoms with Gasteiger partial charge in [-0.05, 0) is 6.07 Å². The van der Waals surface area contributed by atoms with Crippen LogP contribution in [0.1, 0.15) is 0 Å². The van der Waals surface area contributed by atoms with E-state index in [0.717, 1.165) is 6.26 Å². The number of rotatable bonds is 5. The molecule has 20 heavy (non-hydrogen) atoms. The topological polar surface area (TPSA) is 115 Å². The molecule has 8 nitrogen and oxygen atoms in total. The summed E-state index contributed by atoms with van der Waals surface area (Å²) in [4.78, 5) is 18.3. The summed E-state index contributed by atoms with van der Waals surface area (Å²) in [5, 5.41) is 14.1. The van der Waals surface area contributed by atoms with Crippen LogP contribution in [0.15, 0.2) is 24.5 Å². The third kappa shape index (κ3) is 3.38. The highest BCUT2D eigenvalue weighted by Gasteiger charge is 2.11. The Hall–Kier alpha value is -2.29. The molecule has 1 aromatic heterocycles. The number of nitro groups is 1. The van der Waals surface area contributed by atoms with Crippen molar-refractivity contribution in [3.05, 3.63) is 34.6 Å². The maximum Gasteiger partial charge on any atom is 0.270 e. The summed E-state index contributed by atoms with van der Waals surface area (Å²) in [5.74, 6) is 0.329. The molecule has 0 unspecified atom stereocenters. The fourth-order valence-electron chi connectivity index (χ4n) is 1.65. The van der Waals surface area contributed by atoms with Crippen molar-refractivity contribution in [2.24, 2.45) is 0 Å².